The second kappa shape index (κ2) is 13.1. The first kappa shape index (κ1) is 29.3. The lowest BCUT2D eigenvalue weighted by Gasteiger charge is -2.17. The summed E-state index contributed by atoms with van der Waals surface area (Å²) in [5, 5.41) is 0.204. The van der Waals surface area contributed by atoms with Crippen LogP contribution >= 0.6 is 0 Å². The highest BCUT2D eigenvalue weighted by molar-refractivity contribution is 5.98. The molecule has 0 radical (unpaired) electrons. The van der Waals surface area contributed by atoms with Gasteiger partial charge < -0.3 is 23.5 Å². The van der Waals surface area contributed by atoms with Crippen molar-refractivity contribution in [3.05, 3.63) is 69.6 Å². The molecule has 11 nitrogen and oxygen atoms in total. The van der Waals surface area contributed by atoms with E-state index < -0.39 is 11.9 Å². The van der Waals surface area contributed by atoms with E-state index >= 15 is 0 Å². The highest BCUT2D eigenvalue weighted by atomic mass is 16.5. The minimum Gasteiger partial charge on any atom is -0.490 e. The molecule has 0 aliphatic heterocycles. The van der Waals surface area contributed by atoms with Crippen molar-refractivity contribution in [1.82, 2.24) is 14.0 Å². The number of amides is 1. The minimum atomic E-state index is -0.708. The number of pyridine rings is 2. The van der Waals surface area contributed by atoms with Crippen molar-refractivity contribution >= 4 is 28.6 Å². The Morgan fingerprint density at radius 1 is 0.902 bits per heavy atom. The molecular weight excluding hydrogens is 528 g/mol. The second-order valence-electron chi connectivity index (χ2n) is 8.85. The molecule has 0 saturated heterocycles. The Labute approximate surface area is 237 Å². The molecule has 0 saturated carbocycles. The number of aryl methyl sites for hydroxylation is 1. The van der Waals surface area contributed by atoms with Crippen LogP contribution in [0, 0.1) is 0 Å². The molecule has 0 bridgehead atoms. The summed E-state index contributed by atoms with van der Waals surface area (Å²) in [5.41, 5.74) is 0.569. The lowest BCUT2D eigenvalue weighted by Crippen LogP contribution is -2.32. The molecule has 0 aliphatic carbocycles. The van der Waals surface area contributed by atoms with Crippen LogP contribution in [0.3, 0.4) is 0 Å². The van der Waals surface area contributed by atoms with Crippen LogP contribution in [0.4, 0.5) is 0 Å². The van der Waals surface area contributed by atoms with Crippen molar-refractivity contribution in [2.24, 2.45) is 4.99 Å². The number of carbonyl (C=O) groups excluding carboxylic acids is 2. The first-order valence-electron chi connectivity index (χ1n) is 13.8. The van der Waals surface area contributed by atoms with E-state index in [-0.39, 0.29) is 34.2 Å². The molecule has 41 heavy (non-hydrogen) atoms. The molecule has 4 aromatic rings. The lowest BCUT2D eigenvalue weighted by atomic mass is 10.1. The first-order valence-corrected chi connectivity index (χ1v) is 13.8. The fraction of sp³-hybridized carbons (Fsp3) is 0.367. The molecule has 0 aliphatic rings. The van der Waals surface area contributed by atoms with E-state index in [1.807, 2.05) is 27.7 Å². The van der Waals surface area contributed by atoms with Crippen molar-refractivity contribution in [2.75, 3.05) is 26.4 Å². The molecule has 3 heterocycles. The average molecular weight is 563 g/mol. The number of esters is 1. The van der Waals surface area contributed by atoms with E-state index in [0.29, 0.717) is 61.3 Å². The Balaban J connectivity index is 2.05. The SMILES string of the molecule is CCCn1c(=NC(=O)c2cc(OCC)c(OCC)c(OCC)c2)c(C(=O)OCC)cc2c(=O)n3ccccc3nc21. The zero-order valence-corrected chi connectivity index (χ0v) is 23.9. The van der Waals surface area contributed by atoms with Gasteiger partial charge in [-0.3, -0.25) is 14.0 Å². The zero-order valence-electron chi connectivity index (χ0n) is 23.9. The van der Waals surface area contributed by atoms with Gasteiger partial charge in [0.1, 0.15) is 16.9 Å². The van der Waals surface area contributed by atoms with Gasteiger partial charge in [-0.25, -0.2) is 9.78 Å². The van der Waals surface area contributed by atoms with Gasteiger partial charge in [0.2, 0.25) is 5.75 Å². The van der Waals surface area contributed by atoms with Crippen LogP contribution in [0.5, 0.6) is 17.2 Å². The molecule has 1 amide bonds. The molecule has 0 N–H and O–H groups in total. The fourth-order valence-corrected chi connectivity index (χ4v) is 4.47. The van der Waals surface area contributed by atoms with E-state index in [1.165, 1.54) is 22.6 Å². The van der Waals surface area contributed by atoms with Crippen molar-refractivity contribution in [3.8, 4) is 17.2 Å². The predicted octanol–water partition coefficient (Wildman–Crippen LogP) is 4.17. The molecule has 3 aromatic heterocycles. The average Bonchev–Trinajstić information content (AvgIpc) is 2.96. The van der Waals surface area contributed by atoms with Gasteiger partial charge in [-0.15, -0.1) is 0 Å². The smallest absolute Gasteiger partial charge is 0.341 e. The Kier molecular flexibility index (Phi) is 9.38. The third-order valence-corrected chi connectivity index (χ3v) is 6.10. The van der Waals surface area contributed by atoms with Crippen LogP contribution < -0.4 is 25.3 Å². The van der Waals surface area contributed by atoms with Gasteiger partial charge in [-0.2, -0.15) is 4.99 Å². The highest BCUT2D eigenvalue weighted by Gasteiger charge is 2.22. The quantitative estimate of drug-likeness (QED) is 0.197. The van der Waals surface area contributed by atoms with Crippen LogP contribution in [0.1, 0.15) is 61.8 Å². The molecule has 216 valence electrons. The van der Waals surface area contributed by atoms with E-state index in [2.05, 4.69) is 4.99 Å². The number of nitrogens with zero attached hydrogens (tertiary/aromatic N) is 4. The summed E-state index contributed by atoms with van der Waals surface area (Å²) >= 11 is 0. The Bertz CT molecular complexity index is 1700. The van der Waals surface area contributed by atoms with Gasteiger partial charge in [0, 0.05) is 18.3 Å². The number of hydrogen-bond donors (Lipinski definition) is 0. The second-order valence-corrected chi connectivity index (χ2v) is 8.85. The third kappa shape index (κ3) is 5.93. The molecular formula is C30H34N4O7. The van der Waals surface area contributed by atoms with Crippen LogP contribution in [-0.4, -0.2) is 52.3 Å². The number of rotatable bonds is 11. The largest absolute Gasteiger partial charge is 0.490 e. The summed E-state index contributed by atoms with van der Waals surface area (Å²) in [6.45, 7) is 10.6. The van der Waals surface area contributed by atoms with Crippen molar-refractivity contribution in [1.29, 1.82) is 0 Å². The Hall–Kier alpha value is -4.67. The summed E-state index contributed by atoms with van der Waals surface area (Å²) < 4.78 is 25.6. The summed E-state index contributed by atoms with van der Waals surface area (Å²) in [5.74, 6) is -0.290. The van der Waals surface area contributed by atoms with Gasteiger partial charge in [-0.05, 0) is 64.4 Å². The number of ether oxygens (including phenoxy) is 4. The number of carbonyl (C=O) groups is 2. The summed E-state index contributed by atoms with van der Waals surface area (Å²) in [6.07, 6.45) is 2.22. The first-order chi connectivity index (χ1) is 19.9. The van der Waals surface area contributed by atoms with Gasteiger partial charge in [0.25, 0.3) is 11.5 Å². The van der Waals surface area contributed by atoms with Crippen LogP contribution in [0.25, 0.3) is 16.7 Å². The zero-order chi connectivity index (χ0) is 29.5. The fourth-order valence-electron chi connectivity index (χ4n) is 4.47. The number of fused-ring (bicyclic) bond motifs is 2. The van der Waals surface area contributed by atoms with Crippen molar-refractivity contribution in [3.63, 3.8) is 0 Å². The highest BCUT2D eigenvalue weighted by Crippen LogP contribution is 2.39. The van der Waals surface area contributed by atoms with E-state index in [4.69, 9.17) is 23.9 Å². The van der Waals surface area contributed by atoms with Crippen LogP contribution in [0.2, 0.25) is 0 Å². The summed E-state index contributed by atoms with van der Waals surface area (Å²) in [7, 11) is 0. The summed E-state index contributed by atoms with van der Waals surface area (Å²) in [4.78, 5) is 49.4. The third-order valence-electron chi connectivity index (χ3n) is 6.10. The normalized spacial score (nSPS) is 11.6. The number of aromatic nitrogens is 3. The van der Waals surface area contributed by atoms with Crippen LogP contribution in [-0.2, 0) is 11.3 Å². The van der Waals surface area contributed by atoms with Crippen molar-refractivity contribution < 1.29 is 28.5 Å². The molecule has 11 heteroatoms. The predicted molar refractivity (Wildman–Crippen MR) is 153 cm³/mol. The maximum absolute atomic E-state index is 13.7. The molecule has 0 spiro atoms. The number of hydrogen-bond acceptors (Lipinski definition) is 8. The molecule has 4 rings (SSSR count). The standard InChI is InChI=1S/C30H34N4O7/c1-6-14-34-26-20(29(36)33-15-12-11-13-24(33)31-26)18-21(30(37)41-10-5)27(34)32-28(35)19-16-22(38-7-2)25(40-9-4)23(17-19)39-8-3/h11-13,15-18H,6-10,14H2,1-5H3. The Morgan fingerprint density at radius 3 is 2.20 bits per heavy atom. The molecule has 1 aromatic carbocycles. The van der Waals surface area contributed by atoms with E-state index in [9.17, 15) is 14.4 Å². The maximum Gasteiger partial charge on any atom is 0.341 e. The van der Waals surface area contributed by atoms with Gasteiger partial charge in [0.05, 0.1) is 31.8 Å². The van der Waals surface area contributed by atoms with Gasteiger partial charge in [-0.1, -0.05) is 13.0 Å². The minimum absolute atomic E-state index is 0.0167. The topological polar surface area (TPSA) is 123 Å². The number of benzene rings is 1. The molecule has 0 unspecified atom stereocenters. The lowest BCUT2D eigenvalue weighted by molar-refractivity contribution is 0.0523. The molecule has 0 fully saturated rings. The van der Waals surface area contributed by atoms with Crippen molar-refractivity contribution in [2.45, 2.75) is 47.6 Å². The Morgan fingerprint density at radius 2 is 1.59 bits per heavy atom. The summed E-state index contributed by atoms with van der Waals surface area (Å²) in [6, 6.07) is 9.68. The van der Waals surface area contributed by atoms with E-state index in [0.717, 1.165) is 0 Å². The van der Waals surface area contributed by atoms with Gasteiger partial charge in [0.15, 0.2) is 17.0 Å². The van der Waals surface area contributed by atoms with Gasteiger partial charge >= 0.3 is 5.97 Å². The van der Waals surface area contributed by atoms with E-state index in [1.54, 1.807) is 35.9 Å². The van der Waals surface area contributed by atoms with Crippen LogP contribution in [0.15, 0.2) is 52.4 Å². The monoisotopic (exact) mass is 562 g/mol. The molecule has 0 atom stereocenters. The maximum atomic E-state index is 13.7.